The molecule has 0 radical (unpaired) electrons. The van der Waals surface area contributed by atoms with E-state index in [4.69, 9.17) is 11.6 Å². The summed E-state index contributed by atoms with van der Waals surface area (Å²) in [5, 5.41) is 2.86. The second-order valence-corrected chi connectivity index (χ2v) is 3.72. The van der Waals surface area contributed by atoms with Crippen molar-refractivity contribution >= 4 is 35.1 Å². The fraction of sp³-hybridized carbons (Fsp3) is 0.250. The number of aromatic nitrogens is 4. The van der Waals surface area contributed by atoms with E-state index < -0.39 is 0 Å². The smallest absolute Gasteiger partial charge is 0.254 e. The summed E-state index contributed by atoms with van der Waals surface area (Å²) in [5.74, 6) is 0.140. The highest BCUT2D eigenvalue weighted by Gasteiger charge is 2.11. The van der Waals surface area contributed by atoms with Gasteiger partial charge >= 0.3 is 0 Å². The van der Waals surface area contributed by atoms with Crippen molar-refractivity contribution in [3.05, 3.63) is 16.4 Å². The lowest BCUT2D eigenvalue weighted by Gasteiger charge is -2.01. The maximum atomic E-state index is 10.5. The van der Waals surface area contributed by atoms with Gasteiger partial charge in [0.25, 0.3) is 5.95 Å². The number of nitrogens with zero attached hydrogens (tertiary/aromatic N) is 7. The van der Waals surface area contributed by atoms with Crippen LogP contribution in [0.5, 0.6) is 0 Å². The van der Waals surface area contributed by atoms with Crippen LogP contribution in [-0.2, 0) is 0 Å². The molecule has 8 nitrogen and oxygen atoms in total. The van der Waals surface area contributed by atoms with Crippen LogP contribution < -0.4 is 0 Å². The van der Waals surface area contributed by atoms with Crippen molar-refractivity contribution < 1.29 is 0 Å². The third-order valence-electron chi connectivity index (χ3n) is 1.82. The van der Waals surface area contributed by atoms with Crippen molar-refractivity contribution in [2.24, 2.45) is 10.3 Å². The molecule has 0 N–H and O–H groups in total. The Kier molecular flexibility index (Phi) is 2.96. The van der Waals surface area contributed by atoms with Gasteiger partial charge in [0, 0.05) is 14.1 Å². The molecule has 0 bridgehead atoms. The van der Waals surface area contributed by atoms with Crippen LogP contribution in [0, 0.1) is 4.91 Å². The molecule has 0 aliphatic rings. The SMILES string of the molecule is CN(C)/C=N/c1nc(Cl)c2ncn(N=O)c2n1. The van der Waals surface area contributed by atoms with E-state index in [-0.39, 0.29) is 16.7 Å². The molecule has 0 aromatic carbocycles. The van der Waals surface area contributed by atoms with E-state index >= 15 is 0 Å². The predicted molar refractivity (Wildman–Crippen MR) is 63.4 cm³/mol. The summed E-state index contributed by atoms with van der Waals surface area (Å²) >= 11 is 5.89. The van der Waals surface area contributed by atoms with E-state index in [1.165, 1.54) is 12.7 Å². The molecule has 0 aliphatic heterocycles. The van der Waals surface area contributed by atoms with E-state index in [0.29, 0.717) is 5.52 Å². The number of fused-ring (bicyclic) bond motifs is 1. The topological polar surface area (TPSA) is 88.6 Å². The molecule has 2 heterocycles. The van der Waals surface area contributed by atoms with Crippen molar-refractivity contribution in [2.45, 2.75) is 0 Å². The molecular weight excluding hydrogens is 246 g/mol. The van der Waals surface area contributed by atoms with Gasteiger partial charge in [0.05, 0.1) is 11.6 Å². The van der Waals surface area contributed by atoms with Crippen molar-refractivity contribution in [1.29, 1.82) is 0 Å². The molecular formula is C8H8ClN7O. The highest BCUT2D eigenvalue weighted by molar-refractivity contribution is 6.33. The molecule has 0 fully saturated rings. The Morgan fingerprint density at radius 2 is 2.24 bits per heavy atom. The summed E-state index contributed by atoms with van der Waals surface area (Å²) in [7, 11) is 3.61. The third kappa shape index (κ3) is 2.21. The summed E-state index contributed by atoms with van der Waals surface area (Å²) in [5.41, 5.74) is 0.543. The van der Waals surface area contributed by atoms with Crippen molar-refractivity contribution in [3.63, 3.8) is 0 Å². The zero-order chi connectivity index (χ0) is 12.4. The van der Waals surface area contributed by atoms with E-state index in [0.717, 1.165) is 4.68 Å². The number of halogens is 1. The van der Waals surface area contributed by atoms with Gasteiger partial charge in [-0.25, -0.2) is 9.98 Å². The molecule has 17 heavy (non-hydrogen) atoms. The minimum absolute atomic E-state index is 0.128. The lowest BCUT2D eigenvalue weighted by Crippen LogP contribution is -2.07. The molecule has 0 unspecified atom stereocenters. The molecule has 0 spiro atoms. The summed E-state index contributed by atoms with van der Waals surface area (Å²) in [6, 6.07) is 0. The zero-order valence-electron chi connectivity index (χ0n) is 9.07. The largest absolute Gasteiger partial charge is 0.369 e. The van der Waals surface area contributed by atoms with Crippen molar-refractivity contribution in [2.75, 3.05) is 14.1 Å². The molecule has 0 saturated carbocycles. The minimum Gasteiger partial charge on any atom is -0.369 e. The van der Waals surface area contributed by atoms with Crippen LogP contribution in [0.25, 0.3) is 11.2 Å². The van der Waals surface area contributed by atoms with Gasteiger partial charge in [-0.1, -0.05) is 11.6 Å². The van der Waals surface area contributed by atoms with E-state index in [1.807, 2.05) is 0 Å². The van der Waals surface area contributed by atoms with Crippen LogP contribution in [0.3, 0.4) is 0 Å². The first-order chi connectivity index (χ1) is 8.11. The van der Waals surface area contributed by atoms with Crippen LogP contribution in [0.4, 0.5) is 5.95 Å². The van der Waals surface area contributed by atoms with Gasteiger partial charge in [-0.15, -0.1) is 4.91 Å². The molecule has 2 aromatic heterocycles. The Morgan fingerprint density at radius 1 is 1.47 bits per heavy atom. The van der Waals surface area contributed by atoms with Crippen LogP contribution >= 0.6 is 11.6 Å². The third-order valence-corrected chi connectivity index (χ3v) is 2.08. The van der Waals surface area contributed by atoms with Crippen LogP contribution in [0.15, 0.2) is 16.6 Å². The number of nitroso groups, excluding NO2 is 1. The lowest BCUT2D eigenvalue weighted by molar-refractivity contribution is 0.642. The molecule has 88 valence electrons. The number of hydrogen-bond donors (Lipinski definition) is 0. The second kappa shape index (κ2) is 4.42. The Bertz CT molecular complexity index is 591. The maximum Gasteiger partial charge on any atom is 0.254 e. The quantitative estimate of drug-likeness (QED) is 0.355. The molecule has 0 atom stereocenters. The summed E-state index contributed by atoms with van der Waals surface area (Å²) in [6.45, 7) is 0. The van der Waals surface area contributed by atoms with Crippen LogP contribution in [0.1, 0.15) is 0 Å². The highest BCUT2D eigenvalue weighted by atomic mass is 35.5. The first-order valence-corrected chi connectivity index (χ1v) is 4.94. The molecule has 0 saturated heterocycles. The normalized spacial score (nSPS) is 11.2. The number of imidazole rings is 1. The predicted octanol–water partition coefficient (Wildman–Crippen LogP) is 1.23. The van der Waals surface area contributed by atoms with Gasteiger partial charge in [0.1, 0.15) is 11.8 Å². The first-order valence-electron chi connectivity index (χ1n) is 4.56. The lowest BCUT2D eigenvalue weighted by atomic mass is 10.5. The minimum atomic E-state index is 0.128. The number of hydrogen-bond acceptors (Lipinski definition) is 6. The average molecular weight is 254 g/mol. The van der Waals surface area contributed by atoms with Gasteiger partial charge in [0.15, 0.2) is 10.8 Å². The van der Waals surface area contributed by atoms with E-state index in [9.17, 15) is 4.91 Å². The van der Waals surface area contributed by atoms with Gasteiger partial charge in [-0.05, 0) is 0 Å². The van der Waals surface area contributed by atoms with E-state index in [1.54, 1.807) is 19.0 Å². The standard InChI is InChI=1S/C8H8ClN7O/c1-15(2)3-11-8-12-6(9)5-7(13-8)16(14-17)4-10-5/h3-4H,1-2H3/b11-3+. The molecule has 9 heteroatoms. The summed E-state index contributed by atoms with van der Waals surface area (Å²) < 4.78 is 0.970. The molecule has 2 aromatic rings. The van der Waals surface area contributed by atoms with Crippen molar-refractivity contribution in [1.82, 2.24) is 24.5 Å². The van der Waals surface area contributed by atoms with E-state index in [2.05, 4.69) is 25.2 Å². The van der Waals surface area contributed by atoms with Crippen molar-refractivity contribution in [3.8, 4) is 0 Å². The van der Waals surface area contributed by atoms with Gasteiger partial charge in [-0.2, -0.15) is 14.6 Å². The number of aliphatic imine (C=N–C) groups is 1. The molecule has 0 amide bonds. The highest BCUT2D eigenvalue weighted by Crippen LogP contribution is 2.21. The van der Waals surface area contributed by atoms with Gasteiger partial charge < -0.3 is 4.90 Å². The maximum absolute atomic E-state index is 10.5. The van der Waals surface area contributed by atoms with Gasteiger partial charge in [-0.3, -0.25) is 0 Å². The summed E-state index contributed by atoms with van der Waals surface area (Å²) in [6.07, 6.45) is 2.74. The molecule has 0 aliphatic carbocycles. The average Bonchev–Trinajstić information content (AvgIpc) is 2.69. The number of rotatable bonds is 3. The van der Waals surface area contributed by atoms with Gasteiger partial charge in [0.2, 0.25) is 0 Å². The Hall–Kier alpha value is -2.09. The molecule has 2 rings (SSSR count). The zero-order valence-corrected chi connectivity index (χ0v) is 9.83. The second-order valence-electron chi connectivity index (χ2n) is 3.37. The summed E-state index contributed by atoms with van der Waals surface area (Å²) in [4.78, 5) is 28.0. The Morgan fingerprint density at radius 3 is 2.88 bits per heavy atom. The fourth-order valence-electron chi connectivity index (χ4n) is 1.13. The van der Waals surface area contributed by atoms with Crippen LogP contribution in [0.2, 0.25) is 5.15 Å². The first kappa shape index (κ1) is 11.4. The monoisotopic (exact) mass is 253 g/mol. The van der Waals surface area contributed by atoms with Crippen LogP contribution in [-0.4, -0.2) is 45.0 Å². The Labute approximate surface area is 101 Å². The fourth-order valence-corrected chi connectivity index (χ4v) is 1.34. The Balaban J connectivity index is 2.56.